The fourth-order valence-electron chi connectivity index (χ4n) is 10.2. The van der Waals surface area contributed by atoms with Gasteiger partial charge >= 0.3 is 0 Å². The summed E-state index contributed by atoms with van der Waals surface area (Å²) in [5, 5.41) is 11.7. The second-order valence-corrected chi connectivity index (χ2v) is 18.6. The zero-order valence-corrected chi connectivity index (χ0v) is 37.3. The van der Waals surface area contributed by atoms with Gasteiger partial charge in [0.05, 0.1) is 0 Å². The Bertz CT molecular complexity index is 4330. The van der Waals surface area contributed by atoms with Crippen LogP contribution in [-0.2, 0) is 0 Å². The summed E-state index contributed by atoms with van der Waals surface area (Å²) in [5.74, 6) is 1.86. The molecule has 316 valence electrons. The van der Waals surface area contributed by atoms with E-state index >= 15 is 0 Å². The Kier molecular flexibility index (Phi) is 8.73. The van der Waals surface area contributed by atoms with E-state index in [4.69, 9.17) is 19.4 Å². The zero-order chi connectivity index (χ0) is 44.7. The standard InChI is InChI=1S/C63H37N3OS/c1-2-13-42-35-45(30-25-38(42)11-1)62-64-61(41-28-26-40(27-29-41)47-17-7-14-39-12-3-4-15-46(39)47)65-63(66-62)53-22-9-18-48-49(19-8-20-50(48)53)52-21-10-23-56-60(52)54-33-31-44(37-57(54)67-56)43-32-34-59-55(36-43)51-16-5-6-24-58(51)68-59/h1-37H. The summed E-state index contributed by atoms with van der Waals surface area (Å²) < 4.78 is 9.29. The number of thiophene rings is 1. The van der Waals surface area contributed by atoms with Gasteiger partial charge in [0, 0.05) is 47.6 Å². The van der Waals surface area contributed by atoms with E-state index in [2.05, 4.69) is 224 Å². The van der Waals surface area contributed by atoms with Crippen molar-refractivity contribution in [2.24, 2.45) is 0 Å². The molecular formula is C63H37N3OS. The molecule has 0 saturated carbocycles. The van der Waals surface area contributed by atoms with Gasteiger partial charge in [0.25, 0.3) is 0 Å². The third-order valence-corrected chi connectivity index (χ3v) is 14.7. The van der Waals surface area contributed by atoms with Crippen LogP contribution in [0.4, 0.5) is 0 Å². The predicted octanol–water partition coefficient (Wildman–Crippen LogP) is 17.6. The topological polar surface area (TPSA) is 51.8 Å². The zero-order valence-electron chi connectivity index (χ0n) is 36.5. The molecule has 11 aromatic carbocycles. The molecule has 68 heavy (non-hydrogen) atoms. The minimum Gasteiger partial charge on any atom is -0.456 e. The Morgan fingerprint density at radius 2 is 0.853 bits per heavy atom. The monoisotopic (exact) mass is 883 g/mol. The lowest BCUT2D eigenvalue weighted by Gasteiger charge is -2.13. The molecule has 14 rings (SSSR count). The van der Waals surface area contributed by atoms with Gasteiger partial charge in [-0.1, -0.05) is 182 Å². The van der Waals surface area contributed by atoms with Crippen molar-refractivity contribution in [1.82, 2.24) is 15.0 Å². The van der Waals surface area contributed by atoms with Gasteiger partial charge in [-0.3, -0.25) is 0 Å². The van der Waals surface area contributed by atoms with Crippen molar-refractivity contribution >= 4 is 85.8 Å². The Hall–Kier alpha value is -8.77. The summed E-state index contributed by atoms with van der Waals surface area (Å²) in [5.41, 5.74) is 11.4. The van der Waals surface area contributed by atoms with E-state index in [0.29, 0.717) is 17.5 Å². The Morgan fingerprint density at radius 1 is 0.279 bits per heavy atom. The number of benzene rings is 11. The van der Waals surface area contributed by atoms with Gasteiger partial charge in [-0.2, -0.15) is 0 Å². The summed E-state index contributed by atoms with van der Waals surface area (Å²) in [4.78, 5) is 15.7. The van der Waals surface area contributed by atoms with E-state index in [0.717, 1.165) is 77.0 Å². The van der Waals surface area contributed by atoms with Gasteiger partial charge in [-0.05, 0) is 108 Å². The molecule has 0 aliphatic rings. The first-order valence-electron chi connectivity index (χ1n) is 22.9. The molecule has 0 aliphatic heterocycles. The van der Waals surface area contributed by atoms with Crippen LogP contribution >= 0.6 is 11.3 Å². The lowest BCUT2D eigenvalue weighted by Crippen LogP contribution is -2.01. The molecule has 5 heteroatoms. The summed E-state index contributed by atoms with van der Waals surface area (Å²) in [6.45, 7) is 0. The molecule has 0 bridgehead atoms. The van der Waals surface area contributed by atoms with E-state index in [1.807, 2.05) is 11.3 Å². The average Bonchev–Trinajstić information content (AvgIpc) is 3.98. The number of aromatic nitrogens is 3. The highest BCUT2D eigenvalue weighted by Crippen LogP contribution is 2.43. The Balaban J connectivity index is 0.893. The molecule has 4 nitrogen and oxygen atoms in total. The maximum atomic E-state index is 6.69. The molecule has 0 aliphatic carbocycles. The number of hydrogen-bond donors (Lipinski definition) is 0. The van der Waals surface area contributed by atoms with Crippen molar-refractivity contribution in [2.45, 2.75) is 0 Å². The first kappa shape index (κ1) is 38.5. The largest absolute Gasteiger partial charge is 0.456 e. The van der Waals surface area contributed by atoms with Crippen molar-refractivity contribution in [2.75, 3.05) is 0 Å². The molecule has 0 spiro atoms. The van der Waals surface area contributed by atoms with Crippen LogP contribution in [0.15, 0.2) is 229 Å². The van der Waals surface area contributed by atoms with E-state index < -0.39 is 0 Å². The van der Waals surface area contributed by atoms with Crippen LogP contribution in [0.3, 0.4) is 0 Å². The highest BCUT2D eigenvalue weighted by Gasteiger charge is 2.19. The number of rotatable bonds is 6. The van der Waals surface area contributed by atoms with Crippen LogP contribution in [0.2, 0.25) is 0 Å². The van der Waals surface area contributed by atoms with Crippen LogP contribution in [-0.4, -0.2) is 15.0 Å². The van der Waals surface area contributed by atoms with Crippen LogP contribution < -0.4 is 0 Å². The smallest absolute Gasteiger partial charge is 0.164 e. The number of nitrogens with zero attached hydrogens (tertiary/aromatic N) is 3. The molecule has 0 amide bonds. The van der Waals surface area contributed by atoms with Crippen LogP contribution in [0.5, 0.6) is 0 Å². The van der Waals surface area contributed by atoms with Gasteiger partial charge in [-0.15, -0.1) is 11.3 Å². The number of fused-ring (bicyclic) bond motifs is 9. The number of furan rings is 1. The Morgan fingerprint density at radius 3 is 1.74 bits per heavy atom. The first-order valence-corrected chi connectivity index (χ1v) is 23.7. The number of hydrogen-bond acceptors (Lipinski definition) is 5. The average molecular weight is 884 g/mol. The summed E-state index contributed by atoms with van der Waals surface area (Å²) >= 11 is 1.84. The van der Waals surface area contributed by atoms with Crippen LogP contribution in [0.1, 0.15) is 0 Å². The fraction of sp³-hybridized carbons (Fsp3) is 0. The van der Waals surface area contributed by atoms with E-state index in [-0.39, 0.29) is 0 Å². The maximum Gasteiger partial charge on any atom is 0.164 e. The van der Waals surface area contributed by atoms with Crippen molar-refractivity contribution in [3.8, 4) is 67.5 Å². The van der Waals surface area contributed by atoms with Gasteiger partial charge in [0.15, 0.2) is 17.5 Å². The maximum absolute atomic E-state index is 6.69. The van der Waals surface area contributed by atoms with Crippen molar-refractivity contribution in [3.63, 3.8) is 0 Å². The Labute approximate surface area is 395 Å². The molecular weight excluding hydrogens is 847 g/mol. The SMILES string of the molecule is c1ccc2cc(-c3nc(-c4ccc(-c5cccc6ccccc56)cc4)nc(-c4cccc5c(-c6cccc7oc8cc(-c9ccc%10sc%11ccccc%11c%10c9)ccc8c67)cccc45)n3)ccc2c1. The lowest BCUT2D eigenvalue weighted by atomic mass is 9.92. The molecule has 3 heterocycles. The van der Waals surface area contributed by atoms with Crippen LogP contribution in [0, 0.1) is 0 Å². The second-order valence-electron chi connectivity index (χ2n) is 17.5. The van der Waals surface area contributed by atoms with Gasteiger partial charge in [0.2, 0.25) is 0 Å². The molecule has 3 aromatic heterocycles. The third kappa shape index (κ3) is 6.32. The molecule has 0 fully saturated rings. The molecule has 0 atom stereocenters. The first-order chi connectivity index (χ1) is 33.7. The van der Waals surface area contributed by atoms with Gasteiger partial charge in [0.1, 0.15) is 11.2 Å². The normalized spacial score (nSPS) is 11.8. The molecule has 0 radical (unpaired) electrons. The quantitative estimate of drug-likeness (QED) is 0.167. The molecule has 0 saturated heterocycles. The fourth-order valence-corrected chi connectivity index (χ4v) is 11.3. The van der Waals surface area contributed by atoms with Crippen molar-refractivity contribution < 1.29 is 4.42 Å². The van der Waals surface area contributed by atoms with Crippen LogP contribution in [0.25, 0.3) is 142 Å². The minimum atomic E-state index is 0.618. The molecule has 14 aromatic rings. The van der Waals surface area contributed by atoms with Crippen molar-refractivity contribution in [1.29, 1.82) is 0 Å². The summed E-state index contributed by atoms with van der Waals surface area (Å²) in [7, 11) is 0. The van der Waals surface area contributed by atoms with E-state index in [9.17, 15) is 0 Å². The van der Waals surface area contributed by atoms with Gasteiger partial charge < -0.3 is 4.42 Å². The second kappa shape index (κ2) is 15.4. The highest BCUT2D eigenvalue weighted by atomic mass is 32.1. The predicted molar refractivity (Wildman–Crippen MR) is 285 cm³/mol. The molecule has 0 N–H and O–H groups in total. The minimum absolute atomic E-state index is 0.618. The molecule has 0 unspecified atom stereocenters. The van der Waals surface area contributed by atoms with E-state index in [1.165, 1.54) is 47.5 Å². The van der Waals surface area contributed by atoms with E-state index in [1.54, 1.807) is 0 Å². The van der Waals surface area contributed by atoms with Gasteiger partial charge in [-0.25, -0.2) is 15.0 Å². The van der Waals surface area contributed by atoms with Crippen molar-refractivity contribution in [3.05, 3.63) is 224 Å². The lowest BCUT2D eigenvalue weighted by molar-refractivity contribution is 0.669. The third-order valence-electron chi connectivity index (χ3n) is 13.5. The summed E-state index contributed by atoms with van der Waals surface area (Å²) in [6, 6.07) is 79.9. The summed E-state index contributed by atoms with van der Waals surface area (Å²) in [6.07, 6.45) is 0. The highest BCUT2D eigenvalue weighted by molar-refractivity contribution is 7.25.